The number of carbonyl (C=O) groups excluding carboxylic acids is 2. The second-order valence-corrected chi connectivity index (χ2v) is 4.12. The van der Waals surface area contributed by atoms with Crippen LogP contribution in [0.25, 0.3) is 0 Å². The summed E-state index contributed by atoms with van der Waals surface area (Å²) < 4.78 is 5.14. The van der Waals surface area contributed by atoms with Crippen LogP contribution in [0, 0.1) is 11.8 Å². The SMILES string of the molecule is O=C1C(Cl)=C(OCC#CCCl)C(=O)c2ncccc21. The van der Waals surface area contributed by atoms with Gasteiger partial charge in [-0.05, 0) is 12.1 Å². The third-order valence-electron chi connectivity index (χ3n) is 2.35. The van der Waals surface area contributed by atoms with E-state index in [9.17, 15) is 9.59 Å². The summed E-state index contributed by atoms with van der Waals surface area (Å²) >= 11 is 11.2. The summed E-state index contributed by atoms with van der Waals surface area (Å²) in [6.45, 7) is -0.0700. The fourth-order valence-electron chi connectivity index (χ4n) is 1.53. The average molecular weight is 296 g/mol. The van der Waals surface area contributed by atoms with E-state index >= 15 is 0 Å². The zero-order chi connectivity index (χ0) is 13.8. The molecule has 0 aromatic carbocycles. The maximum absolute atomic E-state index is 12.1. The largest absolute Gasteiger partial charge is 0.475 e. The Labute approximate surface area is 119 Å². The van der Waals surface area contributed by atoms with Gasteiger partial charge in [0.2, 0.25) is 11.6 Å². The van der Waals surface area contributed by atoms with Crippen LogP contribution < -0.4 is 0 Å². The number of hydrogen-bond donors (Lipinski definition) is 0. The Morgan fingerprint density at radius 1 is 1.26 bits per heavy atom. The van der Waals surface area contributed by atoms with Gasteiger partial charge in [0.1, 0.15) is 17.3 Å². The molecule has 1 heterocycles. The molecule has 0 saturated heterocycles. The minimum atomic E-state index is -0.520. The lowest BCUT2D eigenvalue weighted by Gasteiger charge is -2.15. The van der Waals surface area contributed by atoms with Crippen LogP contribution in [0.3, 0.4) is 0 Å². The zero-order valence-corrected chi connectivity index (χ0v) is 11.1. The average Bonchev–Trinajstić information content (AvgIpc) is 2.44. The van der Waals surface area contributed by atoms with Gasteiger partial charge in [-0.3, -0.25) is 14.6 Å². The van der Waals surface area contributed by atoms with Crippen molar-refractivity contribution in [2.45, 2.75) is 0 Å². The third kappa shape index (κ3) is 2.62. The van der Waals surface area contributed by atoms with Crippen LogP contribution in [0.2, 0.25) is 0 Å². The fourth-order valence-corrected chi connectivity index (χ4v) is 1.87. The molecule has 0 fully saturated rings. The summed E-state index contributed by atoms with van der Waals surface area (Å²) in [5.74, 6) is 4.08. The number of hydrogen-bond acceptors (Lipinski definition) is 4. The molecule has 0 amide bonds. The lowest BCUT2D eigenvalue weighted by atomic mass is 9.98. The second-order valence-electron chi connectivity index (χ2n) is 3.48. The van der Waals surface area contributed by atoms with Gasteiger partial charge in [-0.1, -0.05) is 23.4 Å². The van der Waals surface area contributed by atoms with Crippen molar-refractivity contribution in [2.24, 2.45) is 0 Å². The number of ether oxygens (including phenoxy) is 1. The number of aromatic nitrogens is 1. The predicted octanol–water partition coefficient (Wildman–Crippen LogP) is 2.17. The molecule has 2 rings (SSSR count). The van der Waals surface area contributed by atoms with Crippen LogP contribution in [-0.4, -0.2) is 29.0 Å². The monoisotopic (exact) mass is 295 g/mol. The molecule has 1 aromatic heterocycles. The molecule has 0 aliphatic heterocycles. The molecule has 0 N–H and O–H groups in total. The molecule has 0 unspecified atom stereocenters. The van der Waals surface area contributed by atoms with Crippen molar-refractivity contribution in [3.63, 3.8) is 0 Å². The summed E-state index contributed by atoms with van der Waals surface area (Å²) in [6, 6.07) is 3.06. The van der Waals surface area contributed by atoms with E-state index in [4.69, 9.17) is 27.9 Å². The van der Waals surface area contributed by atoms with Crippen molar-refractivity contribution in [1.82, 2.24) is 4.98 Å². The first-order valence-corrected chi connectivity index (χ1v) is 6.16. The Hall–Kier alpha value is -1.83. The molecule has 96 valence electrons. The van der Waals surface area contributed by atoms with Gasteiger partial charge in [0.25, 0.3) is 0 Å². The van der Waals surface area contributed by atoms with E-state index in [1.54, 1.807) is 6.07 Å². The summed E-state index contributed by atoms with van der Waals surface area (Å²) in [7, 11) is 0. The second kappa shape index (κ2) is 5.87. The van der Waals surface area contributed by atoms with Gasteiger partial charge in [-0.15, -0.1) is 11.6 Å². The lowest BCUT2D eigenvalue weighted by molar-refractivity contribution is 0.0894. The van der Waals surface area contributed by atoms with E-state index in [1.807, 2.05) is 0 Å². The highest BCUT2D eigenvalue weighted by Gasteiger charge is 2.33. The maximum Gasteiger partial charge on any atom is 0.248 e. The minimum absolute atomic E-state index is 0.0391. The molecule has 0 spiro atoms. The van der Waals surface area contributed by atoms with E-state index < -0.39 is 11.6 Å². The van der Waals surface area contributed by atoms with Crippen LogP contribution in [0.15, 0.2) is 29.1 Å². The number of allylic oxidation sites excluding steroid dienone is 2. The number of ketones is 2. The molecule has 0 atom stereocenters. The van der Waals surface area contributed by atoms with Crippen LogP contribution in [0.5, 0.6) is 0 Å². The first kappa shape index (κ1) is 13.6. The standard InChI is InChI=1S/C13H7Cl2NO3/c14-5-1-2-7-19-13-9(15)11(17)8-4-3-6-16-10(8)12(13)18/h3-4,6H,5,7H2. The Balaban J connectivity index is 2.32. The van der Waals surface area contributed by atoms with Gasteiger partial charge in [0, 0.05) is 6.20 Å². The molecule has 4 nitrogen and oxygen atoms in total. The van der Waals surface area contributed by atoms with Gasteiger partial charge >= 0.3 is 0 Å². The number of fused-ring (bicyclic) bond motifs is 1. The molecule has 1 aromatic rings. The molecule has 1 aliphatic carbocycles. The van der Waals surface area contributed by atoms with Crippen LogP contribution in [0.4, 0.5) is 0 Å². The predicted molar refractivity (Wildman–Crippen MR) is 70.2 cm³/mol. The lowest BCUT2D eigenvalue weighted by Crippen LogP contribution is -2.23. The molecular formula is C13H7Cl2NO3. The molecule has 0 radical (unpaired) electrons. The maximum atomic E-state index is 12.1. The van der Waals surface area contributed by atoms with Gasteiger partial charge < -0.3 is 4.74 Å². The molecule has 0 bridgehead atoms. The molecule has 6 heteroatoms. The molecule has 1 aliphatic rings. The number of Topliss-reactive ketones (excluding diaryl/α,β-unsaturated/α-hetero) is 2. The van der Waals surface area contributed by atoms with Crippen molar-refractivity contribution in [3.8, 4) is 11.8 Å². The van der Waals surface area contributed by atoms with E-state index in [0.29, 0.717) is 0 Å². The smallest absolute Gasteiger partial charge is 0.248 e. The normalized spacial score (nSPS) is 13.8. The number of nitrogens with zero attached hydrogens (tertiary/aromatic N) is 1. The van der Waals surface area contributed by atoms with Crippen LogP contribution >= 0.6 is 23.2 Å². The highest BCUT2D eigenvalue weighted by molar-refractivity contribution is 6.49. The van der Waals surface area contributed by atoms with Gasteiger partial charge in [0.05, 0.1) is 11.4 Å². The van der Waals surface area contributed by atoms with Crippen LogP contribution in [-0.2, 0) is 4.74 Å². The van der Waals surface area contributed by atoms with Gasteiger partial charge in [-0.2, -0.15) is 0 Å². The van der Waals surface area contributed by atoms with Gasteiger partial charge in [0.15, 0.2) is 5.76 Å². The number of halogens is 2. The zero-order valence-electron chi connectivity index (χ0n) is 9.57. The van der Waals surface area contributed by atoms with Crippen molar-refractivity contribution in [3.05, 3.63) is 40.4 Å². The van der Waals surface area contributed by atoms with Crippen LogP contribution in [0.1, 0.15) is 20.8 Å². The number of carbonyl (C=O) groups is 2. The summed E-state index contributed by atoms with van der Waals surface area (Å²) in [6.07, 6.45) is 1.42. The first-order chi connectivity index (χ1) is 9.16. The topological polar surface area (TPSA) is 56.3 Å². The Morgan fingerprint density at radius 3 is 2.79 bits per heavy atom. The fraction of sp³-hybridized carbons (Fsp3) is 0.154. The Morgan fingerprint density at radius 2 is 2.05 bits per heavy atom. The highest BCUT2D eigenvalue weighted by Crippen LogP contribution is 2.27. The molecular weight excluding hydrogens is 289 g/mol. The van der Waals surface area contributed by atoms with E-state index in [1.165, 1.54) is 12.3 Å². The third-order valence-corrected chi connectivity index (χ3v) is 2.83. The summed E-state index contributed by atoms with van der Waals surface area (Å²) in [5, 5.41) is -0.252. The highest BCUT2D eigenvalue weighted by atomic mass is 35.5. The molecule has 0 saturated carbocycles. The van der Waals surface area contributed by atoms with Crippen molar-refractivity contribution in [2.75, 3.05) is 12.5 Å². The van der Waals surface area contributed by atoms with E-state index in [0.717, 1.165) is 0 Å². The Bertz CT molecular complexity index is 641. The van der Waals surface area contributed by atoms with E-state index in [-0.39, 0.29) is 34.5 Å². The quantitative estimate of drug-likeness (QED) is 0.620. The first-order valence-electron chi connectivity index (χ1n) is 5.25. The Kier molecular flexibility index (Phi) is 4.20. The van der Waals surface area contributed by atoms with Gasteiger partial charge in [-0.25, -0.2) is 0 Å². The van der Waals surface area contributed by atoms with Crippen molar-refractivity contribution in [1.29, 1.82) is 0 Å². The summed E-state index contributed by atoms with van der Waals surface area (Å²) in [5.41, 5.74) is 0.217. The van der Waals surface area contributed by atoms with E-state index in [2.05, 4.69) is 16.8 Å². The van der Waals surface area contributed by atoms with Crippen molar-refractivity contribution >= 4 is 34.8 Å². The number of rotatable bonds is 2. The summed E-state index contributed by atoms with van der Waals surface area (Å²) in [4.78, 5) is 27.9. The number of alkyl halides is 1. The number of pyridine rings is 1. The van der Waals surface area contributed by atoms with Crippen molar-refractivity contribution < 1.29 is 14.3 Å². The molecule has 19 heavy (non-hydrogen) atoms. The minimum Gasteiger partial charge on any atom is -0.475 e.